The second-order valence-corrected chi connectivity index (χ2v) is 6.01. The van der Waals surface area contributed by atoms with Crippen molar-refractivity contribution in [3.63, 3.8) is 0 Å². The van der Waals surface area contributed by atoms with Gasteiger partial charge in [-0.2, -0.15) is 13.2 Å². The molecule has 2 aromatic rings. The van der Waals surface area contributed by atoms with E-state index < -0.39 is 54.1 Å². The summed E-state index contributed by atoms with van der Waals surface area (Å²) >= 11 is 0. The molecule has 0 fully saturated rings. The molecule has 1 atom stereocenters. The number of carbonyl (C=O) groups excluding carboxylic acids is 1. The molecule has 0 saturated heterocycles. The number of pyridine rings is 1. The van der Waals surface area contributed by atoms with E-state index in [0.29, 0.717) is 16.8 Å². The summed E-state index contributed by atoms with van der Waals surface area (Å²) in [5, 5.41) is 20.1. The van der Waals surface area contributed by atoms with Crippen LogP contribution >= 0.6 is 0 Å². The van der Waals surface area contributed by atoms with E-state index in [-0.39, 0.29) is 23.7 Å². The highest BCUT2D eigenvalue weighted by Crippen LogP contribution is 2.29. The number of alkyl halides is 3. The summed E-state index contributed by atoms with van der Waals surface area (Å²) in [6, 6.07) is 2.38. The molecule has 1 aromatic carbocycles. The number of carboxylic acids is 1. The van der Waals surface area contributed by atoms with Gasteiger partial charge in [0.05, 0.1) is 18.6 Å². The molecule has 0 aliphatic carbocycles. The van der Waals surface area contributed by atoms with Crippen LogP contribution in [0.25, 0.3) is 0 Å². The second kappa shape index (κ2) is 8.86. The minimum absolute atomic E-state index is 0.199. The lowest BCUT2D eigenvalue weighted by Gasteiger charge is -2.21. The normalized spacial score (nSPS) is 12.4. The molecule has 0 radical (unpaired) electrons. The van der Waals surface area contributed by atoms with E-state index in [9.17, 15) is 37.1 Å². The second-order valence-electron chi connectivity index (χ2n) is 6.01. The molecule has 29 heavy (non-hydrogen) atoms. The third-order valence-electron chi connectivity index (χ3n) is 3.98. The molecule has 7 nitrogen and oxygen atoms in total. The molecule has 1 heterocycles. The Labute approximate surface area is 161 Å². The Morgan fingerprint density at radius 3 is 2.41 bits per heavy atom. The number of aromatic nitrogens is 1. The molecule has 156 valence electrons. The molecule has 0 bridgehead atoms. The number of hydrogen-bond acceptors (Lipinski definition) is 4. The zero-order chi connectivity index (χ0) is 21.8. The summed E-state index contributed by atoms with van der Waals surface area (Å²) in [6.45, 7) is -0.857. The van der Waals surface area contributed by atoms with Crippen LogP contribution in [0.2, 0.25) is 0 Å². The summed E-state index contributed by atoms with van der Waals surface area (Å²) in [6.07, 6.45) is -4.54. The van der Waals surface area contributed by atoms with Gasteiger partial charge in [-0.05, 0) is 23.8 Å². The van der Waals surface area contributed by atoms with Gasteiger partial charge in [0.15, 0.2) is 0 Å². The molecule has 11 heteroatoms. The molecule has 0 saturated carbocycles. The van der Waals surface area contributed by atoms with Crippen molar-refractivity contribution in [2.75, 3.05) is 6.54 Å². The topological polar surface area (TPSA) is 109 Å². The SMILES string of the molecule is O=C(O)CCNC(=O)C(c1cc(CO)ccc1F)n1ccc(C(F)(F)F)cc1=O. The number of nitrogens with zero attached hydrogens (tertiary/aromatic N) is 1. The third kappa shape index (κ3) is 5.41. The van der Waals surface area contributed by atoms with Gasteiger partial charge in [-0.3, -0.25) is 19.0 Å². The molecular formula is C18H16F4N2O5. The lowest BCUT2D eigenvalue weighted by atomic mass is 10.0. The Morgan fingerprint density at radius 1 is 1.17 bits per heavy atom. The number of carboxylic acid groups (broad SMARTS) is 1. The summed E-state index contributed by atoms with van der Waals surface area (Å²) in [7, 11) is 0. The molecule has 0 aliphatic rings. The fourth-order valence-electron chi connectivity index (χ4n) is 2.59. The van der Waals surface area contributed by atoms with Crippen LogP contribution in [-0.2, 0) is 22.4 Å². The highest BCUT2D eigenvalue weighted by atomic mass is 19.4. The summed E-state index contributed by atoms with van der Waals surface area (Å²) < 4.78 is 53.5. The number of aliphatic hydroxyl groups excluding tert-OH is 1. The number of nitrogens with one attached hydrogen (secondary N) is 1. The monoisotopic (exact) mass is 416 g/mol. The molecule has 1 aromatic heterocycles. The summed E-state index contributed by atoms with van der Waals surface area (Å²) in [5.74, 6) is -3.16. The van der Waals surface area contributed by atoms with Crippen molar-refractivity contribution in [1.82, 2.24) is 9.88 Å². The Morgan fingerprint density at radius 2 is 1.86 bits per heavy atom. The molecule has 2 rings (SSSR count). The Kier molecular flexibility index (Phi) is 6.75. The highest BCUT2D eigenvalue weighted by Gasteiger charge is 2.33. The number of halogens is 4. The van der Waals surface area contributed by atoms with E-state index in [4.69, 9.17) is 5.11 Å². The smallest absolute Gasteiger partial charge is 0.416 e. The minimum atomic E-state index is -4.79. The van der Waals surface area contributed by atoms with Crippen LogP contribution in [0.3, 0.4) is 0 Å². The summed E-state index contributed by atoms with van der Waals surface area (Å²) in [4.78, 5) is 35.5. The van der Waals surface area contributed by atoms with Gasteiger partial charge in [0.2, 0.25) is 5.91 Å². The first kappa shape index (κ1) is 22.1. The van der Waals surface area contributed by atoms with Crippen LogP contribution in [0.15, 0.2) is 41.3 Å². The number of aliphatic hydroxyl groups is 1. The first-order valence-corrected chi connectivity index (χ1v) is 8.22. The largest absolute Gasteiger partial charge is 0.481 e. The van der Waals surface area contributed by atoms with Crippen molar-refractivity contribution in [2.24, 2.45) is 0 Å². The van der Waals surface area contributed by atoms with Crippen LogP contribution in [0.5, 0.6) is 0 Å². The Balaban J connectivity index is 2.55. The number of carbonyl (C=O) groups is 2. The first-order chi connectivity index (χ1) is 13.5. The summed E-state index contributed by atoms with van der Waals surface area (Å²) in [5.41, 5.74) is -2.63. The van der Waals surface area contributed by atoms with E-state index in [1.165, 1.54) is 6.07 Å². The number of benzene rings is 1. The van der Waals surface area contributed by atoms with E-state index in [1.54, 1.807) is 0 Å². The predicted octanol–water partition coefficient (Wildman–Crippen LogP) is 1.68. The van der Waals surface area contributed by atoms with Gasteiger partial charge in [-0.15, -0.1) is 0 Å². The van der Waals surface area contributed by atoms with Crippen LogP contribution in [0.1, 0.15) is 29.2 Å². The zero-order valence-corrected chi connectivity index (χ0v) is 14.7. The van der Waals surface area contributed by atoms with E-state index in [1.807, 2.05) is 0 Å². The fraction of sp³-hybridized carbons (Fsp3) is 0.278. The Hall–Kier alpha value is -3.21. The van der Waals surface area contributed by atoms with Crippen molar-refractivity contribution < 1.29 is 37.4 Å². The maximum atomic E-state index is 14.4. The number of hydrogen-bond donors (Lipinski definition) is 3. The van der Waals surface area contributed by atoms with Crippen LogP contribution < -0.4 is 10.9 Å². The van der Waals surface area contributed by atoms with Crippen LogP contribution in [0, 0.1) is 5.82 Å². The van der Waals surface area contributed by atoms with Crippen molar-refractivity contribution >= 4 is 11.9 Å². The van der Waals surface area contributed by atoms with Gasteiger partial charge in [-0.25, -0.2) is 4.39 Å². The lowest BCUT2D eigenvalue weighted by Crippen LogP contribution is -2.39. The first-order valence-electron chi connectivity index (χ1n) is 8.22. The van der Waals surface area contributed by atoms with E-state index in [2.05, 4.69) is 5.32 Å². The van der Waals surface area contributed by atoms with Gasteiger partial charge < -0.3 is 15.5 Å². The predicted molar refractivity (Wildman–Crippen MR) is 91.4 cm³/mol. The molecule has 1 amide bonds. The van der Waals surface area contributed by atoms with Gasteiger partial charge >= 0.3 is 12.1 Å². The standard InChI is InChI=1S/C18H16F4N2O5/c19-13-2-1-10(9-25)7-12(13)16(17(29)23-5-3-15(27)28)24-6-4-11(8-14(24)26)18(20,21)22/h1-2,4,6-8,16,25H,3,5,9H2,(H,23,29)(H,27,28). The van der Waals surface area contributed by atoms with Crippen molar-refractivity contribution in [3.05, 3.63) is 69.4 Å². The van der Waals surface area contributed by atoms with Gasteiger partial charge in [0.25, 0.3) is 5.56 Å². The molecule has 3 N–H and O–H groups in total. The zero-order valence-electron chi connectivity index (χ0n) is 14.7. The van der Waals surface area contributed by atoms with Crippen LogP contribution in [-0.4, -0.2) is 33.2 Å². The van der Waals surface area contributed by atoms with Crippen molar-refractivity contribution in [1.29, 1.82) is 0 Å². The maximum absolute atomic E-state index is 14.4. The van der Waals surface area contributed by atoms with Gasteiger partial charge in [0, 0.05) is 24.4 Å². The fourth-order valence-corrected chi connectivity index (χ4v) is 2.59. The Bertz CT molecular complexity index is 971. The van der Waals surface area contributed by atoms with E-state index in [0.717, 1.165) is 12.1 Å². The molecule has 0 aliphatic heterocycles. The number of aliphatic carboxylic acids is 1. The minimum Gasteiger partial charge on any atom is -0.481 e. The lowest BCUT2D eigenvalue weighted by molar-refractivity contribution is -0.138. The van der Waals surface area contributed by atoms with Crippen molar-refractivity contribution in [2.45, 2.75) is 25.2 Å². The highest BCUT2D eigenvalue weighted by molar-refractivity contribution is 5.84. The van der Waals surface area contributed by atoms with Crippen LogP contribution in [0.4, 0.5) is 17.6 Å². The third-order valence-corrected chi connectivity index (χ3v) is 3.98. The average Bonchev–Trinajstić information content (AvgIpc) is 2.63. The average molecular weight is 416 g/mol. The number of amides is 1. The van der Waals surface area contributed by atoms with E-state index >= 15 is 0 Å². The molecule has 0 spiro atoms. The quantitative estimate of drug-likeness (QED) is 0.596. The van der Waals surface area contributed by atoms with Crippen molar-refractivity contribution in [3.8, 4) is 0 Å². The number of rotatable bonds is 7. The molecule has 1 unspecified atom stereocenters. The van der Waals surface area contributed by atoms with Gasteiger partial charge in [-0.1, -0.05) is 6.07 Å². The molecular weight excluding hydrogens is 400 g/mol. The maximum Gasteiger partial charge on any atom is 0.416 e. The van der Waals surface area contributed by atoms with Gasteiger partial charge in [0.1, 0.15) is 11.9 Å².